The molecule has 0 unspecified atom stereocenters. The first-order valence-corrected chi connectivity index (χ1v) is 4.65. The van der Waals surface area contributed by atoms with Crippen molar-refractivity contribution in [3.63, 3.8) is 0 Å². The molecule has 0 aromatic heterocycles. The van der Waals surface area contributed by atoms with Crippen molar-refractivity contribution in [3.8, 4) is 5.75 Å². The van der Waals surface area contributed by atoms with Crippen LogP contribution in [0.4, 0.5) is 18.9 Å². The number of halogens is 4. The van der Waals surface area contributed by atoms with Gasteiger partial charge in [-0.2, -0.15) is 13.2 Å². The highest BCUT2D eigenvalue weighted by molar-refractivity contribution is 9.10. The molecule has 0 amide bonds. The van der Waals surface area contributed by atoms with Crippen LogP contribution in [0.2, 0.25) is 0 Å². The number of ether oxygens (including phenoxy) is 1. The summed E-state index contributed by atoms with van der Waals surface area (Å²) in [5, 5.41) is 10.6. The monoisotopic (exact) mass is 299 g/mol. The molecule has 0 fully saturated rings. The Labute approximate surface area is 96.3 Å². The van der Waals surface area contributed by atoms with Crippen molar-refractivity contribution in [3.05, 3.63) is 32.3 Å². The Morgan fingerprint density at radius 3 is 2.38 bits per heavy atom. The normalized spacial score (nSPS) is 11.3. The lowest BCUT2D eigenvalue weighted by Crippen LogP contribution is -2.06. The third-order valence-electron chi connectivity index (χ3n) is 1.76. The van der Waals surface area contributed by atoms with Crippen molar-refractivity contribution >= 4 is 21.6 Å². The molecule has 0 saturated carbocycles. The minimum absolute atomic E-state index is 0.274. The number of nitro benzene ring substituents is 1. The van der Waals surface area contributed by atoms with Gasteiger partial charge in [0, 0.05) is 0 Å². The predicted octanol–water partition coefficient (Wildman–Crippen LogP) is 3.38. The zero-order valence-electron chi connectivity index (χ0n) is 7.84. The van der Waals surface area contributed by atoms with Gasteiger partial charge in [0.15, 0.2) is 5.75 Å². The van der Waals surface area contributed by atoms with E-state index in [2.05, 4.69) is 20.7 Å². The van der Waals surface area contributed by atoms with E-state index in [0.717, 1.165) is 7.11 Å². The minimum atomic E-state index is -4.58. The molecule has 0 aliphatic rings. The van der Waals surface area contributed by atoms with Crippen LogP contribution in [-0.4, -0.2) is 12.0 Å². The molecule has 88 valence electrons. The summed E-state index contributed by atoms with van der Waals surface area (Å²) in [5.74, 6) is -0.438. The van der Waals surface area contributed by atoms with Crippen molar-refractivity contribution in [2.45, 2.75) is 6.18 Å². The van der Waals surface area contributed by atoms with E-state index in [4.69, 9.17) is 0 Å². The van der Waals surface area contributed by atoms with E-state index in [0.29, 0.717) is 12.1 Å². The Balaban J connectivity index is 3.44. The second-order valence-corrected chi connectivity index (χ2v) is 3.62. The molecule has 1 aromatic carbocycles. The first kappa shape index (κ1) is 12.8. The fraction of sp³-hybridized carbons (Fsp3) is 0.250. The zero-order chi connectivity index (χ0) is 12.5. The standard InChI is InChI=1S/C8H5BrF3NO3/c1-16-6-3-4(8(10,11)12)2-5(9)7(6)13(14)15/h2-3H,1H3. The highest BCUT2D eigenvalue weighted by atomic mass is 79.9. The Morgan fingerprint density at radius 2 is 2.00 bits per heavy atom. The average Bonchev–Trinajstić information content (AvgIpc) is 2.14. The van der Waals surface area contributed by atoms with Gasteiger partial charge in [-0.15, -0.1) is 0 Å². The summed E-state index contributed by atoms with van der Waals surface area (Å²) in [6.07, 6.45) is -4.58. The summed E-state index contributed by atoms with van der Waals surface area (Å²) in [6, 6.07) is 1.23. The summed E-state index contributed by atoms with van der Waals surface area (Å²) in [4.78, 5) is 9.76. The molecule has 0 radical (unpaired) electrons. The van der Waals surface area contributed by atoms with Gasteiger partial charge in [-0.05, 0) is 28.1 Å². The maximum atomic E-state index is 12.4. The van der Waals surface area contributed by atoms with E-state index in [1.165, 1.54) is 0 Å². The minimum Gasteiger partial charge on any atom is -0.490 e. The molecule has 0 saturated heterocycles. The van der Waals surface area contributed by atoms with Crippen molar-refractivity contribution < 1.29 is 22.8 Å². The van der Waals surface area contributed by atoms with Crippen molar-refractivity contribution in [1.82, 2.24) is 0 Å². The highest BCUT2D eigenvalue weighted by Gasteiger charge is 2.34. The zero-order valence-corrected chi connectivity index (χ0v) is 9.42. The molecule has 0 bridgehead atoms. The molecule has 8 heteroatoms. The van der Waals surface area contributed by atoms with Crippen LogP contribution >= 0.6 is 15.9 Å². The molecule has 0 heterocycles. The van der Waals surface area contributed by atoms with Crippen molar-refractivity contribution in [1.29, 1.82) is 0 Å². The molecule has 0 aliphatic heterocycles. The second kappa shape index (κ2) is 4.28. The van der Waals surface area contributed by atoms with Crippen molar-refractivity contribution in [2.24, 2.45) is 0 Å². The topological polar surface area (TPSA) is 52.4 Å². The molecule has 1 rings (SSSR count). The van der Waals surface area contributed by atoms with Crippen LogP contribution in [0.25, 0.3) is 0 Å². The van der Waals surface area contributed by atoms with Gasteiger partial charge in [0.25, 0.3) is 0 Å². The Bertz CT molecular complexity index is 433. The van der Waals surface area contributed by atoms with E-state index in [1.54, 1.807) is 0 Å². The van der Waals surface area contributed by atoms with Crippen LogP contribution in [0.5, 0.6) is 5.75 Å². The molecule has 0 N–H and O–H groups in total. The average molecular weight is 300 g/mol. The number of alkyl halides is 3. The number of methoxy groups -OCH3 is 1. The van der Waals surface area contributed by atoms with E-state index in [1.807, 2.05) is 0 Å². The van der Waals surface area contributed by atoms with Crippen LogP contribution in [0.15, 0.2) is 16.6 Å². The van der Waals surface area contributed by atoms with E-state index in [-0.39, 0.29) is 4.47 Å². The molecule has 0 spiro atoms. The number of rotatable bonds is 2. The van der Waals surface area contributed by atoms with Gasteiger partial charge in [0.2, 0.25) is 0 Å². The second-order valence-electron chi connectivity index (χ2n) is 2.76. The smallest absolute Gasteiger partial charge is 0.416 e. The summed E-state index contributed by atoms with van der Waals surface area (Å²) in [5.41, 5.74) is -1.54. The summed E-state index contributed by atoms with van der Waals surface area (Å²) in [7, 11) is 1.06. The lowest BCUT2D eigenvalue weighted by Gasteiger charge is -2.09. The largest absolute Gasteiger partial charge is 0.490 e. The third-order valence-corrected chi connectivity index (χ3v) is 2.36. The third kappa shape index (κ3) is 2.43. The number of nitro groups is 1. The Hall–Kier alpha value is -1.31. The van der Waals surface area contributed by atoms with Gasteiger partial charge >= 0.3 is 11.9 Å². The van der Waals surface area contributed by atoms with Gasteiger partial charge in [-0.3, -0.25) is 10.1 Å². The number of hydrogen-bond acceptors (Lipinski definition) is 3. The molecular formula is C8H5BrF3NO3. The maximum Gasteiger partial charge on any atom is 0.416 e. The van der Waals surface area contributed by atoms with Gasteiger partial charge in [-0.25, -0.2) is 0 Å². The fourth-order valence-electron chi connectivity index (χ4n) is 1.07. The molecule has 0 atom stereocenters. The summed E-state index contributed by atoms with van der Waals surface area (Å²) < 4.78 is 41.4. The molecular weight excluding hydrogens is 295 g/mol. The molecule has 4 nitrogen and oxygen atoms in total. The fourth-order valence-corrected chi connectivity index (χ4v) is 1.66. The first-order valence-electron chi connectivity index (χ1n) is 3.86. The summed E-state index contributed by atoms with van der Waals surface area (Å²) >= 11 is 2.71. The molecule has 16 heavy (non-hydrogen) atoms. The SMILES string of the molecule is COc1cc(C(F)(F)F)cc(Br)c1[N+](=O)[O-]. The van der Waals surface area contributed by atoms with E-state index in [9.17, 15) is 23.3 Å². The van der Waals surface area contributed by atoms with E-state index < -0.39 is 28.1 Å². The summed E-state index contributed by atoms with van der Waals surface area (Å²) in [6.45, 7) is 0. The Kier molecular flexibility index (Phi) is 3.41. The highest BCUT2D eigenvalue weighted by Crippen LogP contribution is 2.40. The van der Waals surface area contributed by atoms with Crippen LogP contribution in [-0.2, 0) is 6.18 Å². The van der Waals surface area contributed by atoms with Gasteiger partial charge < -0.3 is 4.74 Å². The van der Waals surface area contributed by atoms with Gasteiger partial charge in [-0.1, -0.05) is 0 Å². The van der Waals surface area contributed by atoms with Crippen LogP contribution in [0.1, 0.15) is 5.56 Å². The number of hydrogen-bond donors (Lipinski definition) is 0. The number of nitrogens with zero attached hydrogens (tertiary/aromatic N) is 1. The quantitative estimate of drug-likeness (QED) is 0.621. The lowest BCUT2D eigenvalue weighted by atomic mass is 10.2. The van der Waals surface area contributed by atoms with Crippen LogP contribution in [0.3, 0.4) is 0 Å². The van der Waals surface area contributed by atoms with Gasteiger partial charge in [0.1, 0.15) is 0 Å². The number of benzene rings is 1. The van der Waals surface area contributed by atoms with Gasteiger partial charge in [0.05, 0.1) is 22.1 Å². The predicted molar refractivity (Wildman–Crippen MR) is 52.4 cm³/mol. The van der Waals surface area contributed by atoms with E-state index >= 15 is 0 Å². The molecule has 0 aliphatic carbocycles. The van der Waals surface area contributed by atoms with Crippen LogP contribution in [0, 0.1) is 10.1 Å². The Morgan fingerprint density at radius 1 is 1.44 bits per heavy atom. The first-order chi connectivity index (χ1) is 7.27. The molecule has 1 aromatic rings. The van der Waals surface area contributed by atoms with Crippen LogP contribution < -0.4 is 4.74 Å². The lowest BCUT2D eigenvalue weighted by molar-refractivity contribution is -0.386. The maximum absolute atomic E-state index is 12.4. The van der Waals surface area contributed by atoms with Crippen molar-refractivity contribution in [2.75, 3.05) is 7.11 Å².